The summed E-state index contributed by atoms with van der Waals surface area (Å²) >= 11 is 0. The largest absolute Gasteiger partial charge is 0.496 e. The summed E-state index contributed by atoms with van der Waals surface area (Å²) < 4.78 is 5.38. The Morgan fingerprint density at radius 3 is 2.58 bits per heavy atom. The monoisotopic (exact) mass is 258 g/mol. The lowest BCUT2D eigenvalue weighted by molar-refractivity contribution is 0.208. The molecule has 0 fully saturated rings. The SMILES string of the molecule is COc1cc(C)cc(C)c1C(O)c1ccnc(C)n1. The van der Waals surface area contributed by atoms with Crippen LogP contribution in [-0.2, 0) is 0 Å². The molecule has 1 aromatic carbocycles. The highest BCUT2D eigenvalue weighted by molar-refractivity contribution is 5.46. The Morgan fingerprint density at radius 2 is 1.95 bits per heavy atom. The Hall–Kier alpha value is -1.94. The average molecular weight is 258 g/mol. The van der Waals surface area contributed by atoms with E-state index in [2.05, 4.69) is 9.97 Å². The Kier molecular flexibility index (Phi) is 3.81. The van der Waals surface area contributed by atoms with Gasteiger partial charge in [-0.15, -0.1) is 0 Å². The maximum Gasteiger partial charge on any atom is 0.125 e. The number of aliphatic hydroxyl groups is 1. The van der Waals surface area contributed by atoms with Gasteiger partial charge in [-0.05, 0) is 44.0 Å². The first-order chi connectivity index (χ1) is 9.02. The van der Waals surface area contributed by atoms with Gasteiger partial charge >= 0.3 is 0 Å². The van der Waals surface area contributed by atoms with Gasteiger partial charge in [-0.25, -0.2) is 9.97 Å². The van der Waals surface area contributed by atoms with Gasteiger partial charge in [0.05, 0.1) is 12.8 Å². The van der Waals surface area contributed by atoms with Crippen molar-refractivity contribution in [2.24, 2.45) is 0 Å². The topological polar surface area (TPSA) is 55.2 Å². The van der Waals surface area contributed by atoms with E-state index in [4.69, 9.17) is 4.74 Å². The van der Waals surface area contributed by atoms with Crippen LogP contribution < -0.4 is 4.74 Å². The van der Waals surface area contributed by atoms with Gasteiger partial charge in [0.15, 0.2) is 0 Å². The first kappa shape index (κ1) is 13.5. The number of methoxy groups -OCH3 is 1. The highest BCUT2D eigenvalue weighted by Crippen LogP contribution is 2.32. The van der Waals surface area contributed by atoms with Gasteiger partial charge in [-0.2, -0.15) is 0 Å². The number of aryl methyl sites for hydroxylation is 3. The lowest BCUT2D eigenvalue weighted by Crippen LogP contribution is -2.08. The standard InChI is InChI=1S/C15H18N2O2/c1-9-7-10(2)14(13(8-9)19-4)15(18)12-5-6-16-11(3)17-12/h5-8,15,18H,1-4H3. The number of hydrogen-bond acceptors (Lipinski definition) is 4. The van der Waals surface area contributed by atoms with E-state index in [1.807, 2.05) is 26.0 Å². The molecule has 0 aliphatic carbocycles. The minimum atomic E-state index is -0.808. The van der Waals surface area contributed by atoms with Crippen molar-refractivity contribution in [2.75, 3.05) is 7.11 Å². The molecule has 0 bridgehead atoms. The second-order valence-corrected chi connectivity index (χ2v) is 4.63. The molecule has 0 saturated carbocycles. The molecule has 2 aromatic rings. The second kappa shape index (κ2) is 5.36. The summed E-state index contributed by atoms with van der Waals surface area (Å²) in [5.74, 6) is 1.32. The van der Waals surface area contributed by atoms with Crippen LogP contribution >= 0.6 is 0 Å². The molecule has 1 unspecified atom stereocenters. The third kappa shape index (κ3) is 2.74. The molecular formula is C15H18N2O2. The molecular weight excluding hydrogens is 240 g/mol. The predicted molar refractivity (Wildman–Crippen MR) is 73.3 cm³/mol. The van der Waals surface area contributed by atoms with Crippen molar-refractivity contribution in [1.29, 1.82) is 0 Å². The zero-order valence-corrected chi connectivity index (χ0v) is 11.6. The van der Waals surface area contributed by atoms with Crippen LogP contribution in [0.1, 0.15) is 34.3 Å². The van der Waals surface area contributed by atoms with Crippen LogP contribution in [0.25, 0.3) is 0 Å². The van der Waals surface area contributed by atoms with Crippen molar-refractivity contribution < 1.29 is 9.84 Å². The zero-order valence-electron chi connectivity index (χ0n) is 11.6. The molecule has 2 rings (SSSR count). The van der Waals surface area contributed by atoms with Gasteiger partial charge < -0.3 is 9.84 Å². The Labute approximate surface area is 113 Å². The number of ether oxygens (including phenoxy) is 1. The highest BCUT2D eigenvalue weighted by Gasteiger charge is 2.19. The minimum absolute atomic E-state index is 0.581. The molecule has 100 valence electrons. The lowest BCUT2D eigenvalue weighted by atomic mass is 9.97. The Morgan fingerprint density at radius 1 is 1.21 bits per heavy atom. The lowest BCUT2D eigenvalue weighted by Gasteiger charge is -2.18. The van der Waals surface area contributed by atoms with E-state index in [0.29, 0.717) is 17.3 Å². The van der Waals surface area contributed by atoms with Crippen molar-refractivity contribution in [3.8, 4) is 5.75 Å². The van der Waals surface area contributed by atoms with Crippen LogP contribution in [0.2, 0.25) is 0 Å². The van der Waals surface area contributed by atoms with Gasteiger partial charge in [-0.1, -0.05) is 6.07 Å². The number of rotatable bonds is 3. The van der Waals surface area contributed by atoms with Crippen LogP contribution in [0.3, 0.4) is 0 Å². The molecule has 1 heterocycles. The number of aliphatic hydroxyl groups excluding tert-OH is 1. The van der Waals surface area contributed by atoms with Crippen LogP contribution in [0.4, 0.5) is 0 Å². The van der Waals surface area contributed by atoms with Gasteiger partial charge in [0, 0.05) is 11.8 Å². The molecule has 0 spiro atoms. The first-order valence-electron chi connectivity index (χ1n) is 6.15. The summed E-state index contributed by atoms with van der Waals surface area (Å²) in [6.45, 7) is 5.76. The molecule has 0 radical (unpaired) electrons. The van der Waals surface area contributed by atoms with Crippen molar-refractivity contribution in [1.82, 2.24) is 9.97 Å². The average Bonchev–Trinajstić information content (AvgIpc) is 2.37. The van der Waals surface area contributed by atoms with E-state index in [-0.39, 0.29) is 0 Å². The van der Waals surface area contributed by atoms with Gasteiger partial charge in [-0.3, -0.25) is 0 Å². The molecule has 0 aliphatic heterocycles. The molecule has 4 heteroatoms. The number of aromatic nitrogens is 2. The molecule has 0 saturated heterocycles. The van der Waals surface area contributed by atoms with Crippen molar-refractivity contribution in [3.05, 3.63) is 52.6 Å². The van der Waals surface area contributed by atoms with Crippen molar-refractivity contribution in [3.63, 3.8) is 0 Å². The van der Waals surface area contributed by atoms with E-state index in [1.165, 1.54) is 0 Å². The highest BCUT2D eigenvalue weighted by atomic mass is 16.5. The van der Waals surface area contributed by atoms with Crippen LogP contribution in [0, 0.1) is 20.8 Å². The molecule has 19 heavy (non-hydrogen) atoms. The maximum atomic E-state index is 10.5. The van der Waals surface area contributed by atoms with E-state index < -0.39 is 6.10 Å². The fourth-order valence-electron chi connectivity index (χ4n) is 2.23. The first-order valence-corrected chi connectivity index (χ1v) is 6.15. The number of nitrogens with zero attached hydrogens (tertiary/aromatic N) is 2. The second-order valence-electron chi connectivity index (χ2n) is 4.63. The van der Waals surface area contributed by atoms with E-state index in [9.17, 15) is 5.11 Å². The van der Waals surface area contributed by atoms with Gasteiger partial charge in [0.1, 0.15) is 17.7 Å². The fourth-order valence-corrected chi connectivity index (χ4v) is 2.23. The predicted octanol–water partition coefficient (Wildman–Crippen LogP) is 2.49. The summed E-state index contributed by atoms with van der Waals surface area (Å²) in [6, 6.07) is 5.66. The summed E-state index contributed by atoms with van der Waals surface area (Å²) in [6.07, 6.45) is 0.842. The van der Waals surface area contributed by atoms with Crippen molar-refractivity contribution in [2.45, 2.75) is 26.9 Å². The fraction of sp³-hybridized carbons (Fsp3) is 0.333. The minimum Gasteiger partial charge on any atom is -0.496 e. The van der Waals surface area contributed by atoms with E-state index in [0.717, 1.165) is 16.7 Å². The van der Waals surface area contributed by atoms with E-state index in [1.54, 1.807) is 26.3 Å². The summed E-state index contributed by atoms with van der Waals surface area (Å²) in [4.78, 5) is 8.31. The van der Waals surface area contributed by atoms with Crippen molar-refractivity contribution >= 4 is 0 Å². The zero-order chi connectivity index (χ0) is 14.0. The normalized spacial score (nSPS) is 12.3. The molecule has 1 atom stereocenters. The quantitative estimate of drug-likeness (QED) is 0.919. The summed E-state index contributed by atoms with van der Waals surface area (Å²) in [7, 11) is 1.61. The molecule has 0 amide bonds. The van der Waals surface area contributed by atoms with Crippen LogP contribution in [0.15, 0.2) is 24.4 Å². The summed E-state index contributed by atoms with van der Waals surface area (Å²) in [5, 5.41) is 10.5. The van der Waals surface area contributed by atoms with Gasteiger partial charge in [0.25, 0.3) is 0 Å². The molecule has 0 aliphatic rings. The molecule has 1 aromatic heterocycles. The summed E-state index contributed by atoms with van der Waals surface area (Å²) in [5.41, 5.74) is 3.42. The van der Waals surface area contributed by atoms with Crippen LogP contribution in [0.5, 0.6) is 5.75 Å². The van der Waals surface area contributed by atoms with Gasteiger partial charge in [0.2, 0.25) is 0 Å². The molecule has 1 N–H and O–H groups in total. The maximum absolute atomic E-state index is 10.5. The third-order valence-corrected chi connectivity index (χ3v) is 3.06. The smallest absolute Gasteiger partial charge is 0.125 e. The third-order valence-electron chi connectivity index (χ3n) is 3.06. The number of benzene rings is 1. The molecule has 4 nitrogen and oxygen atoms in total. The Balaban J connectivity index is 2.52. The Bertz CT molecular complexity index is 597. The van der Waals surface area contributed by atoms with Crippen LogP contribution in [-0.4, -0.2) is 22.2 Å². The van der Waals surface area contributed by atoms with E-state index >= 15 is 0 Å². The number of hydrogen-bond donors (Lipinski definition) is 1.